The van der Waals surface area contributed by atoms with Crippen LogP contribution in [-0.4, -0.2) is 34.7 Å². The largest absolute Gasteiger partial charge is 0.444 e. The predicted molar refractivity (Wildman–Crippen MR) is 99.3 cm³/mol. The molecule has 1 aromatic rings. The highest BCUT2D eigenvalue weighted by Crippen LogP contribution is 2.39. The number of rotatable bonds is 3. The monoisotopic (exact) mass is 414 g/mol. The fourth-order valence-electron chi connectivity index (χ4n) is 3.81. The van der Waals surface area contributed by atoms with Crippen molar-refractivity contribution in [3.8, 4) is 0 Å². The van der Waals surface area contributed by atoms with Crippen LogP contribution in [0.5, 0.6) is 0 Å². The van der Waals surface area contributed by atoms with Gasteiger partial charge in [-0.05, 0) is 73.7 Å². The van der Waals surface area contributed by atoms with Crippen LogP contribution >= 0.6 is 27.5 Å². The minimum Gasteiger partial charge on any atom is -0.444 e. The number of nitrogens with zero attached hydrogens (tertiary/aromatic N) is 1. The number of nitrogens with one attached hydrogen (secondary N) is 1. The van der Waals surface area contributed by atoms with Crippen molar-refractivity contribution in [2.45, 2.75) is 70.3 Å². The zero-order chi connectivity index (χ0) is 17.5. The SMILES string of the molecule is CC(C)(C)OC(=O)N[C@H]1C[C@H]2CC[C@@H]1N2Cc1ccc(Br)c(Cl)c1. The molecule has 6 heteroatoms. The molecular formula is C18H24BrClN2O2. The number of benzene rings is 1. The third-order valence-electron chi connectivity index (χ3n) is 4.73. The van der Waals surface area contributed by atoms with E-state index in [1.807, 2.05) is 32.9 Å². The first-order chi connectivity index (χ1) is 11.2. The van der Waals surface area contributed by atoms with Crippen LogP contribution in [-0.2, 0) is 11.3 Å². The lowest BCUT2D eigenvalue weighted by molar-refractivity contribution is 0.0491. The lowest BCUT2D eigenvalue weighted by Crippen LogP contribution is -2.45. The van der Waals surface area contributed by atoms with Crippen molar-refractivity contribution >= 4 is 33.6 Å². The number of carbonyl (C=O) groups excluding carboxylic acids is 1. The molecule has 0 saturated carbocycles. The van der Waals surface area contributed by atoms with Crippen molar-refractivity contribution in [1.29, 1.82) is 0 Å². The molecule has 0 aliphatic carbocycles. The first-order valence-corrected chi connectivity index (χ1v) is 9.59. The maximum atomic E-state index is 12.1. The number of hydrogen-bond donors (Lipinski definition) is 1. The summed E-state index contributed by atoms with van der Waals surface area (Å²) >= 11 is 9.64. The van der Waals surface area contributed by atoms with Gasteiger partial charge < -0.3 is 10.1 Å². The highest BCUT2D eigenvalue weighted by atomic mass is 79.9. The van der Waals surface area contributed by atoms with Crippen molar-refractivity contribution in [3.63, 3.8) is 0 Å². The second-order valence-electron chi connectivity index (χ2n) is 7.71. The zero-order valence-electron chi connectivity index (χ0n) is 14.3. The average molecular weight is 416 g/mol. The lowest BCUT2D eigenvalue weighted by Gasteiger charge is -2.27. The van der Waals surface area contributed by atoms with Gasteiger partial charge in [0.25, 0.3) is 0 Å². The van der Waals surface area contributed by atoms with E-state index in [0.29, 0.717) is 12.1 Å². The lowest BCUT2D eigenvalue weighted by atomic mass is 9.96. The van der Waals surface area contributed by atoms with Gasteiger partial charge in [-0.25, -0.2) is 4.79 Å². The quantitative estimate of drug-likeness (QED) is 0.776. The number of hydrogen-bond acceptors (Lipinski definition) is 3. The second-order valence-corrected chi connectivity index (χ2v) is 8.97. The third-order valence-corrected chi connectivity index (χ3v) is 5.96. The Labute approximate surface area is 157 Å². The standard InChI is InChI=1S/C18H24BrClN2O2/c1-18(2,3)24-17(23)21-15-9-12-5-7-16(15)22(12)10-11-4-6-13(19)14(20)8-11/h4,6,8,12,15-16H,5,7,9-10H2,1-3H3,(H,21,23)/t12-,15+,16+/m1/s1. The maximum Gasteiger partial charge on any atom is 0.407 e. The van der Waals surface area contributed by atoms with Crippen LogP contribution in [0.3, 0.4) is 0 Å². The number of halogens is 2. The molecule has 0 aromatic heterocycles. The van der Waals surface area contributed by atoms with Gasteiger partial charge in [-0.1, -0.05) is 17.7 Å². The number of carbonyl (C=O) groups is 1. The van der Waals surface area contributed by atoms with Gasteiger partial charge in [0.1, 0.15) is 5.60 Å². The van der Waals surface area contributed by atoms with Crippen LogP contribution in [0.4, 0.5) is 4.79 Å². The van der Waals surface area contributed by atoms with Crippen LogP contribution in [0.1, 0.15) is 45.6 Å². The van der Waals surface area contributed by atoms with E-state index in [2.05, 4.69) is 32.2 Å². The molecule has 3 atom stereocenters. The summed E-state index contributed by atoms with van der Waals surface area (Å²) in [5.41, 5.74) is 0.744. The number of alkyl carbamates (subject to hydrolysis) is 1. The van der Waals surface area contributed by atoms with E-state index >= 15 is 0 Å². The first kappa shape index (κ1) is 18.0. The van der Waals surface area contributed by atoms with Gasteiger partial charge in [0.15, 0.2) is 0 Å². The number of ether oxygens (including phenoxy) is 1. The minimum absolute atomic E-state index is 0.171. The number of fused-ring (bicyclic) bond motifs is 2. The van der Waals surface area contributed by atoms with E-state index in [9.17, 15) is 4.79 Å². The molecule has 132 valence electrons. The smallest absolute Gasteiger partial charge is 0.407 e. The fraction of sp³-hybridized carbons (Fsp3) is 0.611. The minimum atomic E-state index is -0.463. The molecule has 3 rings (SSSR count). The van der Waals surface area contributed by atoms with E-state index in [0.717, 1.165) is 28.9 Å². The molecule has 1 amide bonds. The van der Waals surface area contributed by atoms with Crippen molar-refractivity contribution in [2.75, 3.05) is 0 Å². The van der Waals surface area contributed by atoms with Crippen molar-refractivity contribution in [3.05, 3.63) is 33.3 Å². The molecule has 0 unspecified atom stereocenters. The van der Waals surface area contributed by atoms with E-state index < -0.39 is 5.60 Å². The van der Waals surface area contributed by atoms with Crippen LogP contribution in [0, 0.1) is 0 Å². The average Bonchev–Trinajstić information content (AvgIpc) is 2.97. The molecule has 4 nitrogen and oxygen atoms in total. The Morgan fingerprint density at radius 2 is 2.17 bits per heavy atom. The maximum absolute atomic E-state index is 12.1. The summed E-state index contributed by atoms with van der Waals surface area (Å²) in [6.07, 6.45) is 3.00. The van der Waals surface area contributed by atoms with Gasteiger partial charge in [-0.15, -0.1) is 0 Å². The molecule has 2 fully saturated rings. The molecule has 2 saturated heterocycles. The molecule has 24 heavy (non-hydrogen) atoms. The zero-order valence-corrected chi connectivity index (χ0v) is 16.7. The van der Waals surface area contributed by atoms with Gasteiger partial charge in [-0.2, -0.15) is 0 Å². The molecule has 2 heterocycles. The summed E-state index contributed by atoms with van der Waals surface area (Å²) in [6.45, 7) is 6.53. The van der Waals surface area contributed by atoms with Crippen LogP contribution in [0.25, 0.3) is 0 Å². The molecule has 2 aliphatic rings. The Kier molecular flexibility index (Phi) is 5.14. The molecule has 0 spiro atoms. The Hall–Kier alpha value is -0.780. The highest BCUT2D eigenvalue weighted by molar-refractivity contribution is 9.10. The van der Waals surface area contributed by atoms with Gasteiger partial charge in [0.2, 0.25) is 0 Å². The van der Waals surface area contributed by atoms with Gasteiger partial charge in [0, 0.05) is 29.1 Å². The Balaban J connectivity index is 1.63. The van der Waals surface area contributed by atoms with Crippen molar-refractivity contribution in [1.82, 2.24) is 10.2 Å². The first-order valence-electron chi connectivity index (χ1n) is 8.42. The van der Waals surface area contributed by atoms with E-state index in [1.165, 1.54) is 12.0 Å². The summed E-state index contributed by atoms with van der Waals surface area (Å²) in [6, 6.07) is 7.18. The number of amides is 1. The summed E-state index contributed by atoms with van der Waals surface area (Å²) in [4.78, 5) is 14.6. The summed E-state index contributed by atoms with van der Waals surface area (Å²) in [5.74, 6) is 0. The van der Waals surface area contributed by atoms with Crippen LogP contribution < -0.4 is 5.32 Å². The van der Waals surface area contributed by atoms with E-state index in [-0.39, 0.29) is 12.1 Å². The highest BCUT2D eigenvalue weighted by Gasteiger charge is 2.46. The fourth-order valence-corrected chi connectivity index (χ4v) is 4.26. The third kappa shape index (κ3) is 4.06. The van der Waals surface area contributed by atoms with Crippen LogP contribution in [0.15, 0.2) is 22.7 Å². The Morgan fingerprint density at radius 1 is 1.42 bits per heavy atom. The topological polar surface area (TPSA) is 41.6 Å². The van der Waals surface area contributed by atoms with E-state index in [1.54, 1.807) is 0 Å². The molecule has 1 N–H and O–H groups in total. The van der Waals surface area contributed by atoms with E-state index in [4.69, 9.17) is 16.3 Å². The molecule has 2 bridgehead atoms. The van der Waals surface area contributed by atoms with Gasteiger partial charge >= 0.3 is 6.09 Å². The Morgan fingerprint density at radius 3 is 2.83 bits per heavy atom. The summed E-state index contributed by atoms with van der Waals surface area (Å²) < 4.78 is 6.32. The van der Waals surface area contributed by atoms with Crippen molar-refractivity contribution < 1.29 is 9.53 Å². The van der Waals surface area contributed by atoms with Gasteiger partial charge in [-0.3, -0.25) is 4.90 Å². The molecular weight excluding hydrogens is 392 g/mol. The second kappa shape index (κ2) is 6.85. The Bertz CT molecular complexity index is 632. The van der Waals surface area contributed by atoms with Crippen LogP contribution in [0.2, 0.25) is 5.02 Å². The molecule has 2 aliphatic heterocycles. The van der Waals surface area contributed by atoms with Gasteiger partial charge in [0.05, 0.1) is 5.02 Å². The summed E-state index contributed by atoms with van der Waals surface area (Å²) in [7, 11) is 0. The normalized spacial score (nSPS) is 26.6. The van der Waals surface area contributed by atoms with Crippen molar-refractivity contribution in [2.24, 2.45) is 0 Å². The molecule has 1 aromatic carbocycles. The molecule has 0 radical (unpaired) electrons. The predicted octanol–water partition coefficient (Wildman–Crippen LogP) is 4.73. The summed E-state index contributed by atoms with van der Waals surface area (Å²) in [5, 5.41) is 3.81.